The summed E-state index contributed by atoms with van der Waals surface area (Å²) in [6.45, 7) is 2.00. The van der Waals surface area contributed by atoms with Crippen LogP contribution in [-0.4, -0.2) is 22.2 Å². The number of hydrogen-bond donors (Lipinski definition) is 2. The highest BCUT2D eigenvalue weighted by Gasteiger charge is 2.21. The molecule has 0 spiro atoms. The van der Waals surface area contributed by atoms with Gasteiger partial charge in [0.05, 0.1) is 5.92 Å². The van der Waals surface area contributed by atoms with Gasteiger partial charge in [0.15, 0.2) is 0 Å². The van der Waals surface area contributed by atoms with E-state index in [1.165, 1.54) is 0 Å². The minimum absolute atomic E-state index is 0.0990. The Labute approximate surface area is 113 Å². The van der Waals surface area contributed by atoms with Crippen LogP contribution in [0.1, 0.15) is 49.7 Å². The van der Waals surface area contributed by atoms with Crippen LogP contribution in [0, 0.1) is 0 Å². The zero-order chi connectivity index (χ0) is 14.3. The van der Waals surface area contributed by atoms with Crippen LogP contribution in [0.3, 0.4) is 0 Å². The van der Waals surface area contributed by atoms with Gasteiger partial charge in [-0.25, -0.2) is 0 Å². The van der Waals surface area contributed by atoms with Crippen molar-refractivity contribution in [2.24, 2.45) is 0 Å². The molecular weight excluding hydrogens is 244 g/mol. The topological polar surface area (TPSA) is 74.6 Å². The summed E-state index contributed by atoms with van der Waals surface area (Å²) in [6, 6.07) is 7.56. The van der Waals surface area contributed by atoms with E-state index in [0.29, 0.717) is 19.3 Å². The Morgan fingerprint density at radius 2 is 1.84 bits per heavy atom. The molecule has 1 aromatic carbocycles. The molecule has 0 radical (unpaired) electrons. The van der Waals surface area contributed by atoms with E-state index in [9.17, 15) is 14.7 Å². The van der Waals surface area contributed by atoms with Gasteiger partial charge in [0.25, 0.3) is 0 Å². The van der Waals surface area contributed by atoms with Crippen molar-refractivity contribution >= 4 is 11.9 Å². The van der Waals surface area contributed by atoms with Crippen LogP contribution in [-0.2, 0) is 16.0 Å². The zero-order valence-electron chi connectivity index (χ0n) is 11.1. The molecule has 0 bridgehead atoms. The van der Waals surface area contributed by atoms with Crippen LogP contribution in [0.4, 0.5) is 0 Å². The molecule has 0 aliphatic carbocycles. The van der Waals surface area contributed by atoms with Gasteiger partial charge in [0.2, 0.25) is 0 Å². The second-order valence-electron chi connectivity index (χ2n) is 4.58. The SMILES string of the molecule is CCc1ccccc1C(CCCCC(=O)O)C(=O)O. The second-order valence-corrected chi connectivity index (χ2v) is 4.58. The van der Waals surface area contributed by atoms with Crippen molar-refractivity contribution in [2.45, 2.75) is 44.9 Å². The van der Waals surface area contributed by atoms with Crippen LogP contribution in [0.5, 0.6) is 0 Å². The first kappa shape index (κ1) is 15.2. The lowest BCUT2D eigenvalue weighted by atomic mass is 9.89. The fraction of sp³-hybridized carbons (Fsp3) is 0.467. The van der Waals surface area contributed by atoms with E-state index in [4.69, 9.17) is 5.11 Å². The van der Waals surface area contributed by atoms with Gasteiger partial charge in [-0.1, -0.05) is 37.6 Å². The standard InChI is InChI=1S/C15H20O4/c1-2-11-7-3-4-8-12(11)13(15(18)19)9-5-6-10-14(16)17/h3-4,7-8,13H,2,5-6,9-10H2,1H3,(H,16,17)(H,18,19). The minimum atomic E-state index is -0.837. The van der Waals surface area contributed by atoms with Gasteiger partial charge >= 0.3 is 11.9 Å². The van der Waals surface area contributed by atoms with Crippen LogP contribution < -0.4 is 0 Å². The molecule has 2 N–H and O–H groups in total. The summed E-state index contributed by atoms with van der Waals surface area (Å²) in [5.74, 6) is -2.21. The van der Waals surface area contributed by atoms with Crippen molar-refractivity contribution in [2.75, 3.05) is 0 Å². The van der Waals surface area contributed by atoms with Gasteiger partial charge in [-0.2, -0.15) is 0 Å². The van der Waals surface area contributed by atoms with Gasteiger partial charge in [-0.15, -0.1) is 0 Å². The quantitative estimate of drug-likeness (QED) is 0.708. The number of aryl methyl sites for hydroxylation is 1. The molecule has 0 heterocycles. The largest absolute Gasteiger partial charge is 0.481 e. The van der Waals surface area contributed by atoms with Gasteiger partial charge < -0.3 is 10.2 Å². The fourth-order valence-corrected chi connectivity index (χ4v) is 2.23. The highest BCUT2D eigenvalue weighted by atomic mass is 16.4. The molecule has 1 unspecified atom stereocenters. The van der Waals surface area contributed by atoms with E-state index < -0.39 is 17.9 Å². The summed E-state index contributed by atoms with van der Waals surface area (Å²) < 4.78 is 0. The maximum atomic E-state index is 11.4. The molecule has 0 fully saturated rings. The molecule has 0 aliphatic rings. The first-order valence-corrected chi connectivity index (χ1v) is 6.58. The number of unbranched alkanes of at least 4 members (excludes halogenated alkanes) is 1. The number of hydrogen-bond acceptors (Lipinski definition) is 2. The van der Waals surface area contributed by atoms with Crippen LogP contribution in [0.25, 0.3) is 0 Å². The Morgan fingerprint density at radius 1 is 1.16 bits per heavy atom. The Balaban J connectivity index is 2.72. The number of benzene rings is 1. The molecule has 1 aromatic rings. The highest BCUT2D eigenvalue weighted by molar-refractivity contribution is 5.76. The molecule has 1 rings (SSSR count). The molecule has 104 valence electrons. The average molecular weight is 264 g/mol. The van der Waals surface area contributed by atoms with E-state index >= 15 is 0 Å². The number of carbonyl (C=O) groups is 2. The summed E-state index contributed by atoms with van der Waals surface area (Å²) >= 11 is 0. The predicted molar refractivity (Wildman–Crippen MR) is 72.3 cm³/mol. The maximum absolute atomic E-state index is 11.4. The lowest BCUT2D eigenvalue weighted by Gasteiger charge is -2.16. The predicted octanol–water partition coefficient (Wildman–Crippen LogP) is 3.06. The normalized spacial score (nSPS) is 12.1. The summed E-state index contributed by atoms with van der Waals surface area (Å²) in [5.41, 5.74) is 1.90. The lowest BCUT2D eigenvalue weighted by molar-refractivity contribution is -0.139. The van der Waals surface area contributed by atoms with E-state index in [1.807, 2.05) is 31.2 Å². The molecular formula is C15H20O4. The van der Waals surface area contributed by atoms with Crippen molar-refractivity contribution in [3.8, 4) is 0 Å². The highest BCUT2D eigenvalue weighted by Crippen LogP contribution is 2.26. The first-order valence-electron chi connectivity index (χ1n) is 6.58. The number of carboxylic acid groups (broad SMARTS) is 2. The first-order chi connectivity index (χ1) is 9.06. The Morgan fingerprint density at radius 3 is 2.42 bits per heavy atom. The molecule has 4 heteroatoms. The number of rotatable bonds is 8. The summed E-state index contributed by atoms with van der Waals surface area (Å²) in [7, 11) is 0. The molecule has 19 heavy (non-hydrogen) atoms. The summed E-state index contributed by atoms with van der Waals surface area (Å²) in [5, 5.41) is 17.9. The van der Waals surface area contributed by atoms with Crippen molar-refractivity contribution in [3.05, 3.63) is 35.4 Å². The summed E-state index contributed by atoms with van der Waals surface area (Å²) in [6.07, 6.45) is 2.52. The third kappa shape index (κ3) is 4.73. The van der Waals surface area contributed by atoms with Gasteiger partial charge in [-0.3, -0.25) is 9.59 Å². The molecule has 4 nitrogen and oxygen atoms in total. The van der Waals surface area contributed by atoms with Crippen LogP contribution in [0.15, 0.2) is 24.3 Å². The molecule has 0 saturated carbocycles. The number of carboxylic acids is 2. The Bertz CT molecular complexity index is 440. The minimum Gasteiger partial charge on any atom is -0.481 e. The lowest BCUT2D eigenvalue weighted by Crippen LogP contribution is -2.13. The van der Waals surface area contributed by atoms with Crippen molar-refractivity contribution in [1.82, 2.24) is 0 Å². The van der Waals surface area contributed by atoms with Crippen LogP contribution >= 0.6 is 0 Å². The third-order valence-corrected chi connectivity index (χ3v) is 3.24. The zero-order valence-corrected chi connectivity index (χ0v) is 11.1. The molecule has 0 aromatic heterocycles. The molecule has 0 amide bonds. The molecule has 1 atom stereocenters. The molecule has 0 aliphatic heterocycles. The van der Waals surface area contributed by atoms with Gasteiger partial charge in [0, 0.05) is 6.42 Å². The molecule has 0 saturated heterocycles. The average Bonchev–Trinajstić information content (AvgIpc) is 2.38. The van der Waals surface area contributed by atoms with E-state index in [1.54, 1.807) is 0 Å². The van der Waals surface area contributed by atoms with Crippen molar-refractivity contribution < 1.29 is 19.8 Å². The Kier molecular flexibility index (Phi) is 6.06. The van der Waals surface area contributed by atoms with Gasteiger partial charge in [-0.05, 0) is 30.4 Å². The second kappa shape index (κ2) is 7.56. The number of aliphatic carboxylic acids is 2. The maximum Gasteiger partial charge on any atom is 0.310 e. The van der Waals surface area contributed by atoms with E-state index in [0.717, 1.165) is 17.5 Å². The van der Waals surface area contributed by atoms with E-state index in [2.05, 4.69) is 0 Å². The van der Waals surface area contributed by atoms with Crippen LogP contribution in [0.2, 0.25) is 0 Å². The smallest absolute Gasteiger partial charge is 0.310 e. The monoisotopic (exact) mass is 264 g/mol. The van der Waals surface area contributed by atoms with Crippen molar-refractivity contribution in [3.63, 3.8) is 0 Å². The van der Waals surface area contributed by atoms with Gasteiger partial charge in [0.1, 0.15) is 0 Å². The fourth-order valence-electron chi connectivity index (χ4n) is 2.23. The summed E-state index contributed by atoms with van der Waals surface area (Å²) in [4.78, 5) is 21.8. The Hall–Kier alpha value is -1.84. The third-order valence-electron chi connectivity index (χ3n) is 3.24. The van der Waals surface area contributed by atoms with Crippen molar-refractivity contribution in [1.29, 1.82) is 0 Å². The van der Waals surface area contributed by atoms with E-state index in [-0.39, 0.29) is 6.42 Å².